The quantitative estimate of drug-likeness (QED) is 0.799. The zero-order valence-electron chi connectivity index (χ0n) is 11.1. The highest BCUT2D eigenvalue weighted by Crippen LogP contribution is 2.35. The molecular weight excluding hydrogens is 214 g/mol. The summed E-state index contributed by atoms with van der Waals surface area (Å²) in [6.45, 7) is 7.33. The van der Waals surface area contributed by atoms with E-state index >= 15 is 0 Å². The summed E-state index contributed by atoms with van der Waals surface area (Å²) in [6.07, 6.45) is 7.01. The Morgan fingerprint density at radius 1 is 1.35 bits per heavy atom. The van der Waals surface area contributed by atoms with Gasteiger partial charge in [-0.05, 0) is 44.8 Å². The molecule has 1 fully saturated rings. The first-order valence-electron chi connectivity index (χ1n) is 7.00. The maximum atomic E-state index is 10.7. The number of hydrogen-bond acceptors (Lipinski definition) is 3. The van der Waals surface area contributed by atoms with Gasteiger partial charge in [-0.25, -0.2) is 0 Å². The van der Waals surface area contributed by atoms with Crippen LogP contribution in [0.25, 0.3) is 0 Å². The van der Waals surface area contributed by atoms with Crippen molar-refractivity contribution in [3.63, 3.8) is 0 Å². The monoisotopic (exact) mass is 239 g/mol. The van der Waals surface area contributed by atoms with Gasteiger partial charge in [0.15, 0.2) is 0 Å². The summed E-state index contributed by atoms with van der Waals surface area (Å²) in [4.78, 5) is 2.47. The van der Waals surface area contributed by atoms with Crippen molar-refractivity contribution in [1.29, 1.82) is 0 Å². The Hall–Kier alpha value is -0.540. The minimum atomic E-state index is -0.460. The first-order chi connectivity index (χ1) is 8.24. The maximum Gasteiger partial charge on any atom is 0.129 e. The minimum absolute atomic E-state index is 0.118. The van der Waals surface area contributed by atoms with Crippen LogP contribution in [0.15, 0.2) is 11.8 Å². The van der Waals surface area contributed by atoms with Gasteiger partial charge in [-0.1, -0.05) is 13.8 Å². The fourth-order valence-electron chi connectivity index (χ4n) is 3.31. The van der Waals surface area contributed by atoms with E-state index in [4.69, 9.17) is 4.74 Å². The van der Waals surface area contributed by atoms with Crippen LogP contribution in [0.4, 0.5) is 0 Å². The van der Waals surface area contributed by atoms with Crippen LogP contribution in [0.2, 0.25) is 0 Å². The third-order valence-electron chi connectivity index (χ3n) is 4.47. The molecule has 1 unspecified atom stereocenters. The lowest BCUT2D eigenvalue weighted by atomic mass is 9.83. The van der Waals surface area contributed by atoms with Crippen molar-refractivity contribution in [1.82, 2.24) is 4.90 Å². The van der Waals surface area contributed by atoms with Gasteiger partial charge in [0.1, 0.15) is 11.9 Å². The predicted octanol–water partition coefficient (Wildman–Crippen LogP) is 2.31. The molecule has 2 rings (SSSR count). The smallest absolute Gasteiger partial charge is 0.129 e. The van der Waals surface area contributed by atoms with E-state index in [0.717, 1.165) is 44.7 Å². The second-order valence-electron chi connectivity index (χ2n) is 5.15. The highest BCUT2D eigenvalue weighted by molar-refractivity contribution is 5.14. The standard InChI is InChI=1S/C14H25NO2/c1-3-14(4-2,15-9-5-6-10-15)13(16)12-8-7-11-17-12/h8,13,16H,3-7,9-11H2,1-2H3. The van der Waals surface area contributed by atoms with Gasteiger partial charge in [0, 0.05) is 6.42 Å². The van der Waals surface area contributed by atoms with Crippen LogP contribution in [-0.4, -0.2) is 41.3 Å². The lowest BCUT2D eigenvalue weighted by Gasteiger charge is -2.44. The van der Waals surface area contributed by atoms with Crippen LogP contribution in [0, 0.1) is 0 Å². The Morgan fingerprint density at radius 3 is 2.47 bits per heavy atom. The molecule has 98 valence electrons. The van der Waals surface area contributed by atoms with Crippen LogP contribution in [0.3, 0.4) is 0 Å². The Balaban J connectivity index is 2.19. The molecule has 1 N–H and O–H groups in total. The molecular formula is C14H25NO2. The normalized spacial score (nSPS) is 23.6. The molecule has 1 saturated heterocycles. The number of likely N-dealkylation sites (tertiary alicyclic amines) is 1. The highest BCUT2D eigenvalue weighted by Gasteiger charge is 2.44. The molecule has 3 heteroatoms. The van der Waals surface area contributed by atoms with Crippen molar-refractivity contribution in [3.8, 4) is 0 Å². The number of hydrogen-bond donors (Lipinski definition) is 1. The SMILES string of the molecule is CCC(CC)(C(O)C1=CCCO1)N1CCCC1. The van der Waals surface area contributed by atoms with E-state index < -0.39 is 6.10 Å². The molecule has 2 aliphatic rings. The lowest BCUT2D eigenvalue weighted by Crippen LogP contribution is -2.55. The molecule has 3 nitrogen and oxygen atoms in total. The largest absolute Gasteiger partial charge is 0.495 e. The Bertz CT molecular complexity index is 278. The van der Waals surface area contributed by atoms with E-state index in [1.54, 1.807) is 0 Å². The molecule has 0 amide bonds. The number of aliphatic hydroxyl groups is 1. The van der Waals surface area contributed by atoms with Gasteiger partial charge in [-0.15, -0.1) is 0 Å². The van der Waals surface area contributed by atoms with Gasteiger partial charge in [-0.3, -0.25) is 4.90 Å². The summed E-state index contributed by atoms with van der Waals surface area (Å²) in [7, 11) is 0. The van der Waals surface area contributed by atoms with Crippen molar-refractivity contribution >= 4 is 0 Å². The molecule has 2 heterocycles. The van der Waals surface area contributed by atoms with E-state index in [-0.39, 0.29) is 5.54 Å². The third kappa shape index (κ3) is 2.23. The van der Waals surface area contributed by atoms with Crippen molar-refractivity contribution in [2.75, 3.05) is 19.7 Å². The van der Waals surface area contributed by atoms with Gasteiger partial charge in [0.25, 0.3) is 0 Å². The molecule has 0 spiro atoms. The van der Waals surface area contributed by atoms with Gasteiger partial charge in [0.2, 0.25) is 0 Å². The fourth-order valence-corrected chi connectivity index (χ4v) is 3.31. The zero-order chi connectivity index (χ0) is 12.3. The molecule has 0 aromatic rings. The van der Waals surface area contributed by atoms with Crippen LogP contribution >= 0.6 is 0 Å². The van der Waals surface area contributed by atoms with Gasteiger partial charge in [0.05, 0.1) is 12.1 Å². The van der Waals surface area contributed by atoms with E-state index in [9.17, 15) is 5.11 Å². The predicted molar refractivity (Wildman–Crippen MR) is 68.8 cm³/mol. The summed E-state index contributed by atoms with van der Waals surface area (Å²) in [6, 6.07) is 0. The molecule has 0 bridgehead atoms. The summed E-state index contributed by atoms with van der Waals surface area (Å²) in [5, 5.41) is 10.7. The van der Waals surface area contributed by atoms with Crippen LogP contribution < -0.4 is 0 Å². The second kappa shape index (κ2) is 5.40. The summed E-state index contributed by atoms with van der Waals surface area (Å²) >= 11 is 0. The number of aliphatic hydroxyl groups excluding tert-OH is 1. The molecule has 17 heavy (non-hydrogen) atoms. The summed E-state index contributed by atoms with van der Waals surface area (Å²) in [5.74, 6) is 0.806. The zero-order valence-corrected chi connectivity index (χ0v) is 11.1. The minimum Gasteiger partial charge on any atom is -0.495 e. The van der Waals surface area contributed by atoms with Crippen LogP contribution in [0.1, 0.15) is 46.0 Å². The van der Waals surface area contributed by atoms with Gasteiger partial charge in [-0.2, -0.15) is 0 Å². The van der Waals surface area contributed by atoms with Crippen molar-refractivity contribution < 1.29 is 9.84 Å². The first-order valence-corrected chi connectivity index (χ1v) is 7.00. The van der Waals surface area contributed by atoms with E-state index in [1.165, 1.54) is 12.8 Å². The molecule has 1 atom stereocenters. The molecule has 0 radical (unpaired) electrons. The average Bonchev–Trinajstić information content (AvgIpc) is 3.04. The Kier molecular flexibility index (Phi) is 4.10. The first kappa shape index (κ1) is 12.9. The van der Waals surface area contributed by atoms with Gasteiger partial charge < -0.3 is 9.84 Å². The van der Waals surface area contributed by atoms with Crippen LogP contribution in [0.5, 0.6) is 0 Å². The highest BCUT2D eigenvalue weighted by atomic mass is 16.5. The number of ether oxygens (including phenoxy) is 1. The van der Waals surface area contributed by atoms with Crippen molar-refractivity contribution in [2.24, 2.45) is 0 Å². The summed E-state index contributed by atoms with van der Waals surface area (Å²) in [5.41, 5.74) is -0.118. The second-order valence-corrected chi connectivity index (χ2v) is 5.15. The topological polar surface area (TPSA) is 32.7 Å². The molecule has 0 aromatic heterocycles. The Labute approximate surface area is 104 Å². The lowest BCUT2D eigenvalue weighted by molar-refractivity contribution is -0.0328. The van der Waals surface area contributed by atoms with Crippen molar-refractivity contribution in [2.45, 2.75) is 57.6 Å². The molecule has 0 saturated carbocycles. The molecule has 0 aliphatic carbocycles. The molecule has 0 aromatic carbocycles. The summed E-state index contributed by atoms with van der Waals surface area (Å²) < 4.78 is 5.57. The van der Waals surface area contributed by atoms with Gasteiger partial charge >= 0.3 is 0 Å². The maximum absolute atomic E-state index is 10.7. The van der Waals surface area contributed by atoms with Crippen LogP contribution in [-0.2, 0) is 4.74 Å². The van der Waals surface area contributed by atoms with E-state index in [1.807, 2.05) is 0 Å². The molecule has 2 aliphatic heterocycles. The Morgan fingerprint density at radius 2 is 2.00 bits per heavy atom. The van der Waals surface area contributed by atoms with Crippen molar-refractivity contribution in [3.05, 3.63) is 11.8 Å². The van der Waals surface area contributed by atoms with E-state index in [0.29, 0.717) is 0 Å². The number of nitrogens with zero attached hydrogens (tertiary/aromatic N) is 1. The third-order valence-corrected chi connectivity index (χ3v) is 4.47. The fraction of sp³-hybridized carbons (Fsp3) is 0.857. The van der Waals surface area contributed by atoms with E-state index in [2.05, 4.69) is 24.8 Å². The average molecular weight is 239 g/mol. The number of rotatable bonds is 5.